The highest BCUT2D eigenvalue weighted by molar-refractivity contribution is 5.82. The van der Waals surface area contributed by atoms with Crippen LogP contribution in [0, 0.1) is 0 Å². The summed E-state index contributed by atoms with van der Waals surface area (Å²) in [7, 11) is 2.97. The highest BCUT2D eigenvalue weighted by Gasteiger charge is 2.15. The first kappa shape index (κ1) is 19.9. The second-order valence-corrected chi connectivity index (χ2v) is 6.06. The monoisotopic (exact) mass is 392 g/mol. The summed E-state index contributed by atoms with van der Waals surface area (Å²) in [5.41, 5.74) is 1.67. The minimum absolute atomic E-state index is 0.255. The maximum Gasteiger partial charge on any atom is 0.170 e. The van der Waals surface area contributed by atoms with Crippen molar-refractivity contribution in [1.82, 2.24) is 0 Å². The Balaban J connectivity index is 1.95. The molecule has 3 aromatic carbocycles. The van der Waals surface area contributed by atoms with Crippen LogP contribution in [0.3, 0.4) is 0 Å². The van der Waals surface area contributed by atoms with Gasteiger partial charge < -0.3 is 18.9 Å². The topological polar surface area (TPSA) is 71.1 Å². The molecule has 0 spiro atoms. The Labute approximate surface area is 168 Å². The lowest BCUT2D eigenvalue weighted by Gasteiger charge is -2.16. The maximum absolute atomic E-state index is 11.5. The average molecular weight is 392 g/mol. The summed E-state index contributed by atoms with van der Waals surface area (Å²) in [4.78, 5) is 22.8. The van der Waals surface area contributed by atoms with Crippen LogP contribution in [0.1, 0.15) is 26.3 Å². The minimum Gasteiger partial charge on any atom is -0.493 e. The van der Waals surface area contributed by atoms with E-state index in [2.05, 4.69) is 0 Å². The van der Waals surface area contributed by atoms with Crippen molar-refractivity contribution in [2.75, 3.05) is 14.2 Å². The number of rotatable bonds is 9. The molecule has 0 aromatic heterocycles. The van der Waals surface area contributed by atoms with Gasteiger partial charge in [-0.25, -0.2) is 0 Å². The molecule has 0 amide bonds. The predicted octanol–water partition coefficient (Wildman–Crippen LogP) is 4.70. The molecule has 0 unspecified atom stereocenters. The number of hydrogen-bond acceptors (Lipinski definition) is 6. The van der Waals surface area contributed by atoms with Crippen molar-refractivity contribution in [2.45, 2.75) is 6.61 Å². The minimum atomic E-state index is 0.255. The largest absolute Gasteiger partial charge is 0.493 e. The molecule has 6 nitrogen and oxygen atoms in total. The van der Waals surface area contributed by atoms with E-state index in [1.54, 1.807) is 24.3 Å². The third-order valence-electron chi connectivity index (χ3n) is 4.20. The van der Waals surface area contributed by atoms with Gasteiger partial charge in [0.05, 0.1) is 19.8 Å². The molecule has 29 heavy (non-hydrogen) atoms. The summed E-state index contributed by atoms with van der Waals surface area (Å²) in [5.74, 6) is 1.81. The summed E-state index contributed by atoms with van der Waals surface area (Å²) in [6.07, 6.45) is 1.37. The summed E-state index contributed by atoms with van der Waals surface area (Å²) < 4.78 is 22.3. The van der Waals surface area contributed by atoms with E-state index in [9.17, 15) is 9.59 Å². The van der Waals surface area contributed by atoms with E-state index in [-0.39, 0.29) is 11.3 Å². The Morgan fingerprint density at radius 2 is 1.45 bits per heavy atom. The predicted molar refractivity (Wildman–Crippen MR) is 108 cm³/mol. The van der Waals surface area contributed by atoms with Crippen LogP contribution in [0.25, 0.3) is 0 Å². The molecular weight excluding hydrogens is 372 g/mol. The van der Waals surface area contributed by atoms with E-state index in [1.165, 1.54) is 20.3 Å². The van der Waals surface area contributed by atoms with Gasteiger partial charge in [-0.3, -0.25) is 9.59 Å². The average Bonchev–Trinajstić information content (AvgIpc) is 2.78. The highest BCUT2D eigenvalue weighted by atomic mass is 16.5. The number of carbonyl (C=O) groups is 2. The number of benzene rings is 3. The molecule has 0 bridgehead atoms. The standard InChI is InChI=1S/C23H20O6/c1-26-21-11-18(14-25)20(12-22(21)27-2)29-23-10-17(13-24)8-9-19(23)28-15-16-6-4-3-5-7-16/h3-14H,15H2,1-2H3. The zero-order valence-electron chi connectivity index (χ0n) is 16.1. The van der Waals surface area contributed by atoms with Gasteiger partial charge in [-0.15, -0.1) is 0 Å². The fraction of sp³-hybridized carbons (Fsp3) is 0.130. The zero-order chi connectivity index (χ0) is 20.6. The number of carbonyl (C=O) groups excluding carboxylic acids is 2. The first-order valence-electron chi connectivity index (χ1n) is 8.83. The van der Waals surface area contributed by atoms with Crippen LogP contribution in [0.5, 0.6) is 28.7 Å². The Morgan fingerprint density at radius 3 is 2.10 bits per heavy atom. The van der Waals surface area contributed by atoms with Crippen molar-refractivity contribution in [3.8, 4) is 28.7 Å². The second kappa shape index (κ2) is 9.41. The molecule has 0 saturated carbocycles. The lowest BCUT2D eigenvalue weighted by atomic mass is 10.1. The summed E-state index contributed by atoms with van der Waals surface area (Å²) in [6, 6.07) is 17.6. The van der Waals surface area contributed by atoms with E-state index < -0.39 is 0 Å². The number of ether oxygens (including phenoxy) is 4. The van der Waals surface area contributed by atoms with Gasteiger partial charge in [-0.05, 0) is 29.8 Å². The number of aldehydes is 2. The van der Waals surface area contributed by atoms with Gasteiger partial charge in [-0.2, -0.15) is 0 Å². The summed E-state index contributed by atoms with van der Waals surface area (Å²) in [5, 5.41) is 0. The van der Waals surface area contributed by atoms with Crippen molar-refractivity contribution in [1.29, 1.82) is 0 Å². The van der Waals surface area contributed by atoms with Gasteiger partial charge in [0.2, 0.25) is 0 Å². The highest BCUT2D eigenvalue weighted by Crippen LogP contribution is 2.39. The molecule has 148 valence electrons. The molecular formula is C23H20O6. The van der Waals surface area contributed by atoms with Gasteiger partial charge in [-0.1, -0.05) is 30.3 Å². The molecule has 0 N–H and O–H groups in total. The van der Waals surface area contributed by atoms with Gasteiger partial charge in [0.15, 0.2) is 29.3 Å². The molecule has 3 rings (SSSR count). The lowest BCUT2D eigenvalue weighted by molar-refractivity contribution is 0.111. The van der Waals surface area contributed by atoms with Crippen molar-refractivity contribution in [3.63, 3.8) is 0 Å². The number of hydrogen-bond donors (Lipinski definition) is 0. The fourth-order valence-electron chi connectivity index (χ4n) is 2.71. The van der Waals surface area contributed by atoms with Crippen molar-refractivity contribution >= 4 is 12.6 Å². The molecule has 6 heteroatoms. The first-order valence-corrected chi connectivity index (χ1v) is 8.83. The number of methoxy groups -OCH3 is 2. The Kier molecular flexibility index (Phi) is 6.47. The van der Waals surface area contributed by atoms with Crippen molar-refractivity contribution in [3.05, 3.63) is 77.4 Å². The van der Waals surface area contributed by atoms with Crippen molar-refractivity contribution < 1.29 is 28.5 Å². The third-order valence-corrected chi connectivity index (χ3v) is 4.20. The van der Waals surface area contributed by atoms with Crippen LogP contribution in [0.15, 0.2) is 60.7 Å². The van der Waals surface area contributed by atoms with Crippen LogP contribution < -0.4 is 18.9 Å². The van der Waals surface area contributed by atoms with E-state index in [4.69, 9.17) is 18.9 Å². The van der Waals surface area contributed by atoms with Crippen LogP contribution in [0.2, 0.25) is 0 Å². The smallest absolute Gasteiger partial charge is 0.170 e. The molecule has 0 aliphatic carbocycles. The summed E-state index contributed by atoms with van der Waals surface area (Å²) >= 11 is 0. The summed E-state index contributed by atoms with van der Waals surface area (Å²) in [6.45, 7) is 0.324. The molecule has 0 heterocycles. The lowest BCUT2D eigenvalue weighted by Crippen LogP contribution is -2.00. The van der Waals surface area contributed by atoms with E-state index in [0.717, 1.165) is 5.56 Å². The van der Waals surface area contributed by atoms with E-state index in [0.29, 0.717) is 47.7 Å². The van der Waals surface area contributed by atoms with Crippen LogP contribution >= 0.6 is 0 Å². The van der Waals surface area contributed by atoms with Gasteiger partial charge in [0, 0.05) is 11.6 Å². The van der Waals surface area contributed by atoms with Crippen LogP contribution in [-0.4, -0.2) is 26.8 Å². The molecule has 0 fully saturated rings. The molecule has 3 aromatic rings. The van der Waals surface area contributed by atoms with Crippen molar-refractivity contribution in [2.24, 2.45) is 0 Å². The normalized spacial score (nSPS) is 10.1. The Morgan fingerprint density at radius 1 is 0.724 bits per heavy atom. The first-order chi connectivity index (χ1) is 14.2. The fourth-order valence-corrected chi connectivity index (χ4v) is 2.71. The third kappa shape index (κ3) is 4.73. The molecule has 0 aliphatic heterocycles. The van der Waals surface area contributed by atoms with Gasteiger partial charge >= 0.3 is 0 Å². The molecule has 0 aliphatic rings. The molecule has 0 atom stereocenters. The Hall–Kier alpha value is -3.80. The quantitative estimate of drug-likeness (QED) is 0.492. The van der Waals surface area contributed by atoms with E-state index >= 15 is 0 Å². The second-order valence-electron chi connectivity index (χ2n) is 6.06. The molecule has 0 saturated heterocycles. The Bertz CT molecular complexity index is 998. The SMILES string of the molecule is COc1cc(C=O)c(Oc2cc(C=O)ccc2OCc2ccccc2)cc1OC. The molecule has 0 radical (unpaired) electrons. The van der Waals surface area contributed by atoms with Crippen LogP contribution in [0.4, 0.5) is 0 Å². The van der Waals surface area contributed by atoms with E-state index in [1.807, 2.05) is 30.3 Å². The van der Waals surface area contributed by atoms with Gasteiger partial charge in [0.25, 0.3) is 0 Å². The maximum atomic E-state index is 11.5. The van der Waals surface area contributed by atoms with Crippen LogP contribution in [-0.2, 0) is 6.61 Å². The van der Waals surface area contributed by atoms with Gasteiger partial charge in [0.1, 0.15) is 18.6 Å². The zero-order valence-corrected chi connectivity index (χ0v) is 16.1.